The summed E-state index contributed by atoms with van der Waals surface area (Å²) in [6.45, 7) is -0.691. The highest BCUT2D eigenvalue weighted by atomic mass is 35.5. The zero-order valence-corrected chi connectivity index (χ0v) is 12.3. The molecule has 0 aliphatic heterocycles. The van der Waals surface area contributed by atoms with E-state index in [1.807, 2.05) is 0 Å². The van der Waals surface area contributed by atoms with Gasteiger partial charge >= 0.3 is 12.1 Å². The number of ether oxygens (including phenoxy) is 1. The maximum Gasteiger partial charge on any atom is 0.391 e. The third-order valence-electron chi connectivity index (χ3n) is 2.32. The van der Waals surface area contributed by atoms with Gasteiger partial charge in [0.15, 0.2) is 6.61 Å². The van der Waals surface area contributed by atoms with Gasteiger partial charge in [-0.2, -0.15) is 13.2 Å². The van der Waals surface area contributed by atoms with Gasteiger partial charge in [0.25, 0.3) is 5.91 Å². The topological polar surface area (TPSA) is 75.6 Å². The highest BCUT2D eigenvalue weighted by Crippen LogP contribution is 2.27. The fraction of sp³-hybridized carbons (Fsp3) is 0.333. The average molecular weight is 360 g/mol. The molecule has 0 fully saturated rings. The summed E-state index contributed by atoms with van der Waals surface area (Å²) in [6, 6.07) is 2.06. The van der Waals surface area contributed by atoms with Crippen LogP contribution >= 0.6 is 23.2 Å². The van der Waals surface area contributed by atoms with Crippen LogP contribution in [0.5, 0.6) is 5.75 Å². The van der Waals surface area contributed by atoms with E-state index in [0.717, 1.165) is 0 Å². The van der Waals surface area contributed by atoms with E-state index >= 15 is 0 Å². The van der Waals surface area contributed by atoms with E-state index in [1.54, 1.807) is 5.32 Å². The Morgan fingerprint density at radius 2 is 1.95 bits per heavy atom. The van der Waals surface area contributed by atoms with Crippen molar-refractivity contribution in [3.05, 3.63) is 28.2 Å². The van der Waals surface area contributed by atoms with Crippen LogP contribution in [-0.4, -0.2) is 35.8 Å². The zero-order chi connectivity index (χ0) is 16.9. The van der Waals surface area contributed by atoms with Crippen LogP contribution in [0.25, 0.3) is 0 Å². The summed E-state index contributed by atoms with van der Waals surface area (Å²) in [4.78, 5) is 22.1. The maximum atomic E-state index is 12.2. The van der Waals surface area contributed by atoms with Crippen molar-refractivity contribution in [1.29, 1.82) is 0 Å². The summed E-state index contributed by atoms with van der Waals surface area (Å²) in [5.41, 5.74) is 0. The number of halogens is 5. The average Bonchev–Trinajstić information content (AvgIpc) is 2.35. The number of carbonyl (C=O) groups is 2. The molecule has 1 aromatic carbocycles. The second-order valence-corrected chi connectivity index (χ2v) is 4.98. The molecule has 0 spiro atoms. The molecule has 1 unspecified atom stereocenters. The predicted octanol–water partition coefficient (Wildman–Crippen LogP) is 2.89. The van der Waals surface area contributed by atoms with Crippen molar-refractivity contribution in [3.8, 4) is 5.75 Å². The van der Waals surface area contributed by atoms with E-state index in [2.05, 4.69) is 0 Å². The van der Waals surface area contributed by atoms with Gasteiger partial charge < -0.3 is 15.2 Å². The van der Waals surface area contributed by atoms with Crippen LogP contribution in [0.15, 0.2) is 18.2 Å². The minimum absolute atomic E-state index is 0.0870. The number of carbonyl (C=O) groups excluding carboxylic acids is 1. The summed E-state index contributed by atoms with van der Waals surface area (Å²) in [6.07, 6.45) is -6.41. The molecule has 0 saturated carbocycles. The first-order valence-electron chi connectivity index (χ1n) is 5.75. The molecule has 5 nitrogen and oxygen atoms in total. The van der Waals surface area contributed by atoms with Gasteiger partial charge in [0.1, 0.15) is 11.8 Å². The number of nitrogens with one attached hydrogen (secondary N) is 1. The number of hydrogen-bond donors (Lipinski definition) is 2. The summed E-state index contributed by atoms with van der Waals surface area (Å²) >= 11 is 11.4. The van der Waals surface area contributed by atoms with Crippen LogP contribution in [-0.2, 0) is 9.59 Å². The molecular weight excluding hydrogens is 350 g/mol. The third kappa shape index (κ3) is 6.40. The minimum atomic E-state index is -4.73. The lowest BCUT2D eigenvalue weighted by Crippen LogP contribution is -2.45. The summed E-state index contributed by atoms with van der Waals surface area (Å²) in [5.74, 6) is -2.73. The Labute approximate surface area is 133 Å². The van der Waals surface area contributed by atoms with E-state index in [0.29, 0.717) is 5.02 Å². The van der Waals surface area contributed by atoms with Crippen molar-refractivity contribution in [3.63, 3.8) is 0 Å². The summed E-state index contributed by atoms with van der Waals surface area (Å²) in [7, 11) is 0. The Balaban J connectivity index is 2.59. The maximum absolute atomic E-state index is 12.2. The fourth-order valence-electron chi connectivity index (χ4n) is 1.40. The Kier molecular flexibility index (Phi) is 6.31. The molecule has 2 N–H and O–H groups in total. The van der Waals surface area contributed by atoms with Crippen LogP contribution in [0.3, 0.4) is 0 Å². The van der Waals surface area contributed by atoms with Gasteiger partial charge in [-0.1, -0.05) is 23.2 Å². The van der Waals surface area contributed by atoms with Gasteiger partial charge in [0.2, 0.25) is 0 Å². The highest BCUT2D eigenvalue weighted by Gasteiger charge is 2.36. The highest BCUT2D eigenvalue weighted by molar-refractivity contribution is 6.35. The number of rotatable bonds is 6. The SMILES string of the molecule is O=C(COc1ccc(Cl)cc1Cl)NC(CC(F)(F)F)C(=O)O. The first-order chi connectivity index (χ1) is 10.1. The van der Waals surface area contributed by atoms with Crippen LogP contribution in [0.1, 0.15) is 6.42 Å². The first-order valence-corrected chi connectivity index (χ1v) is 6.51. The normalized spacial score (nSPS) is 12.6. The molecule has 1 atom stereocenters. The van der Waals surface area contributed by atoms with Crippen LogP contribution in [0, 0.1) is 0 Å². The molecule has 1 amide bonds. The number of amides is 1. The quantitative estimate of drug-likeness (QED) is 0.818. The molecule has 22 heavy (non-hydrogen) atoms. The third-order valence-corrected chi connectivity index (χ3v) is 2.85. The van der Waals surface area contributed by atoms with Crippen molar-refractivity contribution < 1.29 is 32.6 Å². The standard InChI is InChI=1S/C12H10Cl2F3NO4/c13-6-1-2-9(7(14)3-6)22-5-10(19)18-8(11(20)21)4-12(15,16)17/h1-3,8H,4-5H2,(H,18,19)(H,20,21). The number of hydrogen-bond acceptors (Lipinski definition) is 3. The molecule has 1 rings (SSSR count). The monoisotopic (exact) mass is 359 g/mol. The molecule has 1 aromatic rings. The van der Waals surface area contributed by atoms with Crippen molar-refractivity contribution in [2.45, 2.75) is 18.6 Å². The molecule has 122 valence electrons. The second-order valence-electron chi connectivity index (χ2n) is 4.14. The summed E-state index contributed by atoms with van der Waals surface area (Å²) < 4.78 is 41.5. The number of carboxylic acids is 1. The smallest absolute Gasteiger partial charge is 0.391 e. The van der Waals surface area contributed by atoms with Crippen molar-refractivity contribution >= 4 is 35.1 Å². The van der Waals surface area contributed by atoms with Crippen molar-refractivity contribution in [2.75, 3.05) is 6.61 Å². The minimum Gasteiger partial charge on any atom is -0.482 e. The number of benzene rings is 1. The van der Waals surface area contributed by atoms with E-state index in [1.165, 1.54) is 18.2 Å². The molecule has 0 bridgehead atoms. The second kappa shape index (κ2) is 7.55. The molecular formula is C12H10Cl2F3NO4. The summed E-state index contributed by atoms with van der Waals surface area (Å²) in [5, 5.41) is 10.8. The first kappa shape index (κ1) is 18.4. The van der Waals surface area contributed by atoms with Gasteiger partial charge in [-0.15, -0.1) is 0 Å². The van der Waals surface area contributed by atoms with Crippen molar-refractivity contribution in [2.24, 2.45) is 0 Å². The van der Waals surface area contributed by atoms with Crippen LogP contribution in [0.4, 0.5) is 13.2 Å². The molecule has 0 aliphatic rings. The van der Waals surface area contributed by atoms with E-state index in [4.69, 9.17) is 33.0 Å². The number of alkyl halides is 3. The predicted molar refractivity (Wildman–Crippen MR) is 72.2 cm³/mol. The lowest BCUT2D eigenvalue weighted by Gasteiger charge is -2.16. The number of aliphatic carboxylic acids is 1. The Morgan fingerprint density at radius 3 is 2.45 bits per heavy atom. The molecule has 0 saturated heterocycles. The zero-order valence-electron chi connectivity index (χ0n) is 10.8. The van der Waals surface area contributed by atoms with Gasteiger partial charge in [0.05, 0.1) is 11.4 Å². The molecule has 0 aliphatic carbocycles. The van der Waals surface area contributed by atoms with Gasteiger partial charge in [-0.25, -0.2) is 4.79 Å². The molecule has 0 aromatic heterocycles. The lowest BCUT2D eigenvalue weighted by molar-refractivity contribution is -0.160. The Hall–Kier alpha value is -1.67. The molecule has 10 heteroatoms. The Morgan fingerprint density at radius 1 is 1.32 bits per heavy atom. The lowest BCUT2D eigenvalue weighted by atomic mass is 10.2. The van der Waals surface area contributed by atoms with Gasteiger partial charge in [0, 0.05) is 5.02 Å². The van der Waals surface area contributed by atoms with Crippen LogP contribution in [0.2, 0.25) is 10.0 Å². The molecule has 0 heterocycles. The fourth-order valence-corrected chi connectivity index (χ4v) is 1.87. The van der Waals surface area contributed by atoms with Crippen LogP contribution < -0.4 is 10.1 Å². The number of carboxylic acid groups (broad SMARTS) is 1. The van der Waals surface area contributed by atoms with Crippen molar-refractivity contribution in [1.82, 2.24) is 5.32 Å². The Bertz CT molecular complexity index is 566. The largest absolute Gasteiger partial charge is 0.482 e. The molecule has 0 radical (unpaired) electrons. The van der Waals surface area contributed by atoms with Gasteiger partial charge in [-0.3, -0.25) is 4.79 Å². The van der Waals surface area contributed by atoms with E-state index in [9.17, 15) is 22.8 Å². The van der Waals surface area contributed by atoms with E-state index < -0.39 is 37.1 Å². The van der Waals surface area contributed by atoms with Gasteiger partial charge in [-0.05, 0) is 18.2 Å². The van der Waals surface area contributed by atoms with E-state index in [-0.39, 0.29) is 10.8 Å².